The Bertz CT molecular complexity index is 550. The average Bonchev–Trinajstić information content (AvgIpc) is 2.41. The number of rotatable bonds is 4. The van der Waals surface area contributed by atoms with Gasteiger partial charge in [0.05, 0.1) is 19.0 Å². The van der Waals surface area contributed by atoms with Crippen molar-refractivity contribution in [1.82, 2.24) is 0 Å². The summed E-state index contributed by atoms with van der Waals surface area (Å²) < 4.78 is 5.16. The number of methoxy groups -OCH3 is 1. The number of benzene rings is 2. The number of ether oxygens (including phenoxy) is 1. The van der Waals surface area contributed by atoms with Crippen molar-refractivity contribution in [2.75, 3.05) is 12.5 Å². The summed E-state index contributed by atoms with van der Waals surface area (Å²) in [6.07, 6.45) is 1.77. The highest BCUT2D eigenvalue weighted by atomic mass is 16.5. The van der Waals surface area contributed by atoms with Gasteiger partial charge in [-0.25, -0.2) is 0 Å². The number of hydrogen-bond donors (Lipinski definition) is 1. The molecular formula is C15H16N2O. The Hall–Kier alpha value is -2.29. The van der Waals surface area contributed by atoms with Gasteiger partial charge in [0.1, 0.15) is 5.75 Å². The molecule has 92 valence electrons. The SMILES string of the molecule is COc1cccc(/C=N/Nc2ccccc2C)c1. The molecule has 0 aliphatic carbocycles. The number of aryl methyl sites for hydroxylation is 1. The van der Waals surface area contributed by atoms with Crippen LogP contribution in [0.2, 0.25) is 0 Å². The summed E-state index contributed by atoms with van der Waals surface area (Å²) in [6, 6.07) is 15.8. The highest BCUT2D eigenvalue weighted by Crippen LogP contribution is 2.13. The van der Waals surface area contributed by atoms with E-state index in [-0.39, 0.29) is 0 Å². The van der Waals surface area contributed by atoms with Crippen LogP contribution in [-0.2, 0) is 0 Å². The summed E-state index contributed by atoms with van der Waals surface area (Å²) in [5.41, 5.74) is 6.20. The fourth-order valence-electron chi connectivity index (χ4n) is 1.60. The second kappa shape index (κ2) is 5.87. The maximum Gasteiger partial charge on any atom is 0.119 e. The first-order valence-electron chi connectivity index (χ1n) is 5.78. The Kier molecular flexibility index (Phi) is 3.97. The predicted molar refractivity (Wildman–Crippen MR) is 75.4 cm³/mol. The van der Waals surface area contributed by atoms with E-state index in [1.54, 1.807) is 13.3 Å². The zero-order valence-corrected chi connectivity index (χ0v) is 10.6. The summed E-state index contributed by atoms with van der Waals surface area (Å²) >= 11 is 0. The molecule has 0 aromatic heterocycles. The molecule has 0 heterocycles. The molecular weight excluding hydrogens is 224 g/mol. The summed E-state index contributed by atoms with van der Waals surface area (Å²) in [4.78, 5) is 0. The normalized spacial score (nSPS) is 10.6. The molecule has 0 aliphatic heterocycles. The van der Waals surface area contributed by atoms with E-state index in [1.165, 1.54) is 5.56 Å². The van der Waals surface area contributed by atoms with Crippen molar-refractivity contribution in [3.63, 3.8) is 0 Å². The van der Waals surface area contributed by atoms with Crippen LogP contribution in [-0.4, -0.2) is 13.3 Å². The van der Waals surface area contributed by atoms with Crippen LogP contribution in [0.1, 0.15) is 11.1 Å². The van der Waals surface area contributed by atoms with Gasteiger partial charge in [-0.05, 0) is 36.2 Å². The third-order valence-electron chi connectivity index (χ3n) is 2.64. The standard InChI is InChI=1S/C15H16N2O/c1-12-6-3-4-9-15(12)17-16-11-13-7-5-8-14(10-13)18-2/h3-11,17H,1-2H3/b16-11+. The second-order valence-corrected chi connectivity index (χ2v) is 3.96. The van der Waals surface area contributed by atoms with Crippen LogP contribution < -0.4 is 10.2 Å². The van der Waals surface area contributed by atoms with Crippen molar-refractivity contribution in [2.45, 2.75) is 6.92 Å². The first-order chi connectivity index (χ1) is 8.79. The highest BCUT2D eigenvalue weighted by molar-refractivity contribution is 5.80. The van der Waals surface area contributed by atoms with Crippen molar-refractivity contribution in [2.24, 2.45) is 5.10 Å². The maximum atomic E-state index is 5.16. The van der Waals surface area contributed by atoms with Crippen molar-refractivity contribution in [3.05, 3.63) is 59.7 Å². The Balaban J connectivity index is 2.05. The number of nitrogens with zero attached hydrogens (tertiary/aromatic N) is 1. The fraction of sp³-hybridized carbons (Fsp3) is 0.133. The first kappa shape index (κ1) is 12.2. The minimum atomic E-state index is 0.829. The molecule has 0 bridgehead atoms. The molecule has 0 spiro atoms. The molecule has 1 N–H and O–H groups in total. The molecule has 0 saturated heterocycles. The topological polar surface area (TPSA) is 33.6 Å². The number of para-hydroxylation sites is 1. The van der Waals surface area contributed by atoms with Crippen LogP contribution in [0.15, 0.2) is 53.6 Å². The molecule has 2 aromatic carbocycles. The van der Waals surface area contributed by atoms with E-state index in [1.807, 2.05) is 55.5 Å². The van der Waals surface area contributed by atoms with Crippen LogP contribution in [0, 0.1) is 6.92 Å². The molecule has 18 heavy (non-hydrogen) atoms. The van der Waals surface area contributed by atoms with Gasteiger partial charge in [-0.1, -0.05) is 30.3 Å². The first-order valence-corrected chi connectivity index (χ1v) is 5.78. The third kappa shape index (κ3) is 3.10. The number of anilines is 1. The number of nitrogens with one attached hydrogen (secondary N) is 1. The van der Waals surface area contributed by atoms with Crippen molar-refractivity contribution < 1.29 is 4.74 Å². The molecule has 2 rings (SSSR count). The lowest BCUT2D eigenvalue weighted by Gasteiger charge is -2.03. The van der Waals surface area contributed by atoms with E-state index >= 15 is 0 Å². The van der Waals surface area contributed by atoms with Crippen molar-refractivity contribution in [1.29, 1.82) is 0 Å². The van der Waals surface area contributed by atoms with Gasteiger partial charge in [-0.2, -0.15) is 5.10 Å². The molecule has 0 aliphatic rings. The molecule has 0 fully saturated rings. The molecule has 0 saturated carbocycles. The van der Waals surface area contributed by atoms with Gasteiger partial charge in [-0.3, -0.25) is 5.43 Å². The van der Waals surface area contributed by atoms with Crippen LogP contribution in [0.5, 0.6) is 5.75 Å². The third-order valence-corrected chi connectivity index (χ3v) is 2.64. The van der Waals surface area contributed by atoms with Gasteiger partial charge in [0.2, 0.25) is 0 Å². The van der Waals surface area contributed by atoms with E-state index < -0.39 is 0 Å². The van der Waals surface area contributed by atoms with Crippen molar-refractivity contribution >= 4 is 11.9 Å². The maximum absolute atomic E-state index is 5.16. The highest BCUT2D eigenvalue weighted by Gasteiger charge is 1.94. The largest absolute Gasteiger partial charge is 0.497 e. The molecule has 0 amide bonds. The van der Waals surface area contributed by atoms with Gasteiger partial charge in [0.15, 0.2) is 0 Å². The van der Waals surface area contributed by atoms with E-state index in [4.69, 9.17) is 4.74 Å². The lowest BCUT2D eigenvalue weighted by atomic mass is 10.2. The number of hydrogen-bond acceptors (Lipinski definition) is 3. The van der Waals surface area contributed by atoms with Crippen LogP contribution in [0.4, 0.5) is 5.69 Å². The van der Waals surface area contributed by atoms with E-state index in [9.17, 15) is 0 Å². The van der Waals surface area contributed by atoms with Crippen LogP contribution in [0.3, 0.4) is 0 Å². The van der Waals surface area contributed by atoms with Gasteiger partial charge >= 0.3 is 0 Å². The smallest absolute Gasteiger partial charge is 0.119 e. The number of hydrazone groups is 1. The van der Waals surface area contributed by atoms with Crippen LogP contribution >= 0.6 is 0 Å². The fourth-order valence-corrected chi connectivity index (χ4v) is 1.60. The Labute approximate surface area is 107 Å². The van der Waals surface area contributed by atoms with Crippen LogP contribution in [0.25, 0.3) is 0 Å². The minimum absolute atomic E-state index is 0.829. The predicted octanol–water partition coefficient (Wildman–Crippen LogP) is 3.45. The Morgan fingerprint density at radius 2 is 1.94 bits per heavy atom. The molecule has 2 aromatic rings. The van der Waals surface area contributed by atoms with E-state index in [0.717, 1.165) is 17.0 Å². The summed E-state index contributed by atoms with van der Waals surface area (Å²) in [5.74, 6) is 0.829. The lowest BCUT2D eigenvalue weighted by Crippen LogP contribution is -1.93. The zero-order valence-electron chi connectivity index (χ0n) is 10.6. The van der Waals surface area contributed by atoms with E-state index in [2.05, 4.69) is 10.5 Å². The average molecular weight is 240 g/mol. The second-order valence-electron chi connectivity index (χ2n) is 3.96. The zero-order chi connectivity index (χ0) is 12.8. The molecule has 0 atom stereocenters. The monoisotopic (exact) mass is 240 g/mol. The lowest BCUT2D eigenvalue weighted by molar-refractivity contribution is 0.415. The minimum Gasteiger partial charge on any atom is -0.497 e. The quantitative estimate of drug-likeness (QED) is 0.656. The van der Waals surface area contributed by atoms with Gasteiger partial charge in [-0.15, -0.1) is 0 Å². The van der Waals surface area contributed by atoms with Gasteiger partial charge in [0, 0.05) is 0 Å². The van der Waals surface area contributed by atoms with Crippen molar-refractivity contribution in [3.8, 4) is 5.75 Å². The van der Waals surface area contributed by atoms with E-state index in [0.29, 0.717) is 0 Å². The van der Waals surface area contributed by atoms with Gasteiger partial charge < -0.3 is 4.74 Å². The Morgan fingerprint density at radius 3 is 2.72 bits per heavy atom. The summed E-state index contributed by atoms with van der Waals surface area (Å²) in [5, 5.41) is 4.22. The summed E-state index contributed by atoms with van der Waals surface area (Å²) in [7, 11) is 1.65. The Morgan fingerprint density at radius 1 is 1.11 bits per heavy atom. The molecule has 3 nitrogen and oxygen atoms in total. The molecule has 0 unspecified atom stereocenters. The van der Waals surface area contributed by atoms with Gasteiger partial charge in [0.25, 0.3) is 0 Å². The summed E-state index contributed by atoms with van der Waals surface area (Å²) in [6.45, 7) is 2.05. The molecule has 0 radical (unpaired) electrons. The molecule has 3 heteroatoms.